The molecule has 4 aromatic rings. The van der Waals surface area contributed by atoms with Gasteiger partial charge in [-0.1, -0.05) is 24.3 Å². The number of hydrogen-bond donors (Lipinski definition) is 1. The predicted octanol–water partition coefficient (Wildman–Crippen LogP) is 4.98. The summed E-state index contributed by atoms with van der Waals surface area (Å²) in [7, 11) is 0. The molecule has 3 aliphatic heterocycles. The van der Waals surface area contributed by atoms with Crippen LogP contribution < -0.4 is 5.32 Å². The lowest BCUT2D eigenvalue weighted by atomic mass is 9.79. The van der Waals surface area contributed by atoms with Crippen LogP contribution in [0.15, 0.2) is 73.2 Å². The molecule has 31 heavy (non-hydrogen) atoms. The third kappa shape index (κ3) is 3.29. The van der Waals surface area contributed by atoms with Crippen molar-refractivity contribution in [2.24, 2.45) is 5.92 Å². The highest BCUT2D eigenvalue weighted by Gasteiger charge is 2.39. The topological polar surface area (TPSA) is 46.0 Å². The van der Waals surface area contributed by atoms with Crippen molar-refractivity contribution in [3.8, 4) is 16.8 Å². The summed E-state index contributed by atoms with van der Waals surface area (Å²) in [5.41, 5.74) is 4.56. The first kappa shape index (κ1) is 18.6. The van der Waals surface area contributed by atoms with Crippen molar-refractivity contribution in [1.82, 2.24) is 19.4 Å². The summed E-state index contributed by atoms with van der Waals surface area (Å²) in [6, 6.07) is 20.1. The third-order valence-corrected chi connectivity index (χ3v) is 7.18. The van der Waals surface area contributed by atoms with Crippen LogP contribution in [0.5, 0.6) is 0 Å². The lowest BCUT2D eigenvalue weighted by Crippen LogP contribution is -2.59. The van der Waals surface area contributed by atoms with E-state index in [4.69, 9.17) is 0 Å². The van der Waals surface area contributed by atoms with E-state index < -0.39 is 0 Å². The van der Waals surface area contributed by atoms with Crippen LogP contribution in [0, 0.1) is 5.92 Å². The van der Waals surface area contributed by atoms with E-state index in [9.17, 15) is 0 Å². The van der Waals surface area contributed by atoms with Gasteiger partial charge in [-0.15, -0.1) is 0 Å². The van der Waals surface area contributed by atoms with Crippen LogP contribution >= 0.6 is 0 Å². The lowest BCUT2D eigenvalue weighted by molar-refractivity contribution is 0.0455. The van der Waals surface area contributed by atoms with Crippen LogP contribution in [0.1, 0.15) is 19.8 Å². The van der Waals surface area contributed by atoms with Crippen molar-refractivity contribution in [2.75, 3.05) is 18.4 Å². The molecule has 0 amide bonds. The number of anilines is 1. The molecule has 5 heterocycles. The Morgan fingerprint density at radius 2 is 1.68 bits per heavy atom. The summed E-state index contributed by atoms with van der Waals surface area (Å²) in [5, 5.41) is 4.84. The third-order valence-electron chi connectivity index (χ3n) is 7.18. The second-order valence-electron chi connectivity index (χ2n) is 8.87. The van der Waals surface area contributed by atoms with Crippen molar-refractivity contribution < 1.29 is 0 Å². The van der Waals surface area contributed by atoms with Crippen molar-refractivity contribution >= 4 is 16.9 Å². The summed E-state index contributed by atoms with van der Waals surface area (Å²) in [6.07, 6.45) is 8.57. The maximum Gasteiger partial charge on any atom is 0.222 e. The summed E-state index contributed by atoms with van der Waals surface area (Å²) >= 11 is 0. The van der Waals surface area contributed by atoms with Crippen molar-refractivity contribution in [2.45, 2.75) is 31.8 Å². The van der Waals surface area contributed by atoms with E-state index in [1.165, 1.54) is 42.5 Å². The average Bonchev–Trinajstić information content (AvgIpc) is 3.26. The number of piperidine rings is 3. The van der Waals surface area contributed by atoms with Gasteiger partial charge < -0.3 is 9.88 Å². The molecule has 0 spiro atoms. The molecule has 0 unspecified atom stereocenters. The van der Waals surface area contributed by atoms with Crippen LogP contribution in [0.4, 0.5) is 5.95 Å². The van der Waals surface area contributed by atoms with Gasteiger partial charge in [-0.05, 0) is 74.7 Å². The zero-order valence-corrected chi connectivity index (χ0v) is 17.8. The molecule has 5 nitrogen and oxygen atoms in total. The molecule has 0 aliphatic carbocycles. The summed E-state index contributed by atoms with van der Waals surface area (Å²) in [5.74, 6) is 1.48. The molecule has 0 saturated carbocycles. The van der Waals surface area contributed by atoms with Gasteiger partial charge in [0.1, 0.15) is 0 Å². The van der Waals surface area contributed by atoms with Crippen LogP contribution in [0.25, 0.3) is 27.7 Å². The van der Waals surface area contributed by atoms with Gasteiger partial charge in [-0.3, -0.25) is 4.90 Å². The quantitative estimate of drug-likeness (QED) is 0.516. The predicted molar refractivity (Wildman–Crippen MR) is 125 cm³/mol. The number of benzene rings is 2. The molecule has 2 aromatic heterocycles. The highest BCUT2D eigenvalue weighted by molar-refractivity contribution is 5.86. The monoisotopic (exact) mass is 409 g/mol. The van der Waals surface area contributed by atoms with E-state index in [-0.39, 0.29) is 0 Å². The summed E-state index contributed by atoms with van der Waals surface area (Å²) in [6.45, 7) is 4.80. The highest BCUT2D eigenvalue weighted by Crippen LogP contribution is 2.34. The maximum absolute atomic E-state index is 4.65. The van der Waals surface area contributed by atoms with E-state index in [1.54, 1.807) is 0 Å². The molecule has 3 aliphatic rings. The molecule has 7 rings (SSSR count). The smallest absolute Gasteiger partial charge is 0.222 e. The average molecular weight is 410 g/mol. The number of nitrogens with one attached hydrogen (secondary N) is 1. The van der Waals surface area contributed by atoms with Gasteiger partial charge in [0.25, 0.3) is 0 Å². The molecule has 2 bridgehead atoms. The van der Waals surface area contributed by atoms with Gasteiger partial charge in [0, 0.05) is 47.3 Å². The highest BCUT2D eigenvalue weighted by atomic mass is 15.2. The van der Waals surface area contributed by atoms with E-state index in [1.807, 2.05) is 18.5 Å². The Labute approximate surface area is 182 Å². The lowest BCUT2D eigenvalue weighted by Gasteiger charge is -2.49. The summed E-state index contributed by atoms with van der Waals surface area (Å²) in [4.78, 5) is 11.9. The zero-order valence-electron chi connectivity index (χ0n) is 17.8. The molecular formula is C26H27N5. The molecule has 3 fully saturated rings. The van der Waals surface area contributed by atoms with Crippen LogP contribution in [0.3, 0.4) is 0 Å². The van der Waals surface area contributed by atoms with Gasteiger partial charge in [-0.2, -0.15) is 0 Å². The van der Waals surface area contributed by atoms with Gasteiger partial charge >= 0.3 is 0 Å². The first-order valence-electron chi connectivity index (χ1n) is 11.3. The minimum atomic E-state index is 0.447. The fraction of sp³-hybridized carbons (Fsp3) is 0.308. The Morgan fingerprint density at radius 1 is 0.903 bits per heavy atom. The second kappa shape index (κ2) is 7.50. The van der Waals surface area contributed by atoms with Gasteiger partial charge in [0.05, 0.1) is 5.52 Å². The zero-order chi connectivity index (χ0) is 20.8. The van der Waals surface area contributed by atoms with Crippen LogP contribution in [-0.2, 0) is 0 Å². The fourth-order valence-electron chi connectivity index (χ4n) is 5.38. The number of fused-ring (bicyclic) bond motifs is 4. The maximum atomic E-state index is 4.65. The summed E-state index contributed by atoms with van der Waals surface area (Å²) < 4.78 is 2.22. The van der Waals surface area contributed by atoms with E-state index in [2.05, 4.69) is 86.4 Å². The minimum Gasteiger partial charge on any atom is -0.350 e. The molecule has 156 valence electrons. The normalized spacial score (nSPS) is 25.1. The van der Waals surface area contributed by atoms with Crippen molar-refractivity contribution in [1.29, 1.82) is 0 Å². The molecule has 2 atom stereocenters. The van der Waals surface area contributed by atoms with Crippen molar-refractivity contribution in [3.63, 3.8) is 0 Å². The standard InChI is InChI=1S/C26H27N5/c1-18-25(19-9-12-30(18)13-10-19)29-26-27-16-22(17-28-26)20-7-8-24-21(15-20)11-14-31(24)23-5-3-2-4-6-23/h2-8,11,14-19,25H,9-10,12-13H2,1H3,(H,27,28,29)/t18-,25+/m1/s1. The first-order valence-corrected chi connectivity index (χ1v) is 11.3. The molecule has 3 saturated heterocycles. The number of rotatable bonds is 4. The van der Waals surface area contributed by atoms with Gasteiger partial charge in [0.2, 0.25) is 5.95 Å². The second-order valence-corrected chi connectivity index (χ2v) is 8.87. The number of hydrogen-bond acceptors (Lipinski definition) is 4. The Balaban J connectivity index is 1.23. The van der Waals surface area contributed by atoms with Crippen LogP contribution in [0.2, 0.25) is 0 Å². The number of para-hydroxylation sites is 1. The van der Waals surface area contributed by atoms with E-state index >= 15 is 0 Å². The Bertz CT molecular complexity index is 1190. The molecule has 5 heteroatoms. The molecule has 2 aromatic carbocycles. The fourth-order valence-corrected chi connectivity index (χ4v) is 5.38. The number of aromatic nitrogens is 3. The Kier molecular flexibility index (Phi) is 4.50. The molecular weight excluding hydrogens is 382 g/mol. The Morgan fingerprint density at radius 3 is 2.42 bits per heavy atom. The SMILES string of the molecule is C[C@@H]1[C@H](Nc2ncc(-c3ccc4c(ccn4-c4ccccc4)c3)cn2)C2CCN1CC2. The van der Waals surface area contributed by atoms with Gasteiger partial charge in [0.15, 0.2) is 0 Å². The van der Waals surface area contributed by atoms with Crippen LogP contribution in [-0.4, -0.2) is 44.6 Å². The molecule has 0 radical (unpaired) electrons. The largest absolute Gasteiger partial charge is 0.350 e. The van der Waals surface area contributed by atoms with Gasteiger partial charge in [-0.25, -0.2) is 9.97 Å². The van der Waals surface area contributed by atoms with Crippen molar-refractivity contribution in [3.05, 3.63) is 73.2 Å². The Hall–Kier alpha value is -3.18. The molecule has 1 N–H and O–H groups in total. The van der Waals surface area contributed by atoms with E-state index in [0.717, 1.165) is 23.0 Å². The first-order chi connectivity index (χ1) is 15.3. The van der Waals surface area contributed by atoms with E-state index in [0.29, 0.717) is 12.1 Å². The number of nitrogens with zero attached hydrogens (tertiary/aromatic N) is 4. The minimum absolute atomic E-state index is 0.447.